The van der Waals surface area contributed by atoms with Gasteiger partial charge in [0.25, 0.3) is 0 Å². The lowest BCUT2D eigenvalue weighted by molar-refractivity contribution is 0.927. The molecule has 1 rings (SSSR count). The van der Waals surface area contributed by atoms with Crippen molar-refractivity contribution in [2.75, 3.05) is 0 Å². The first-order valence-electron chi connectivity index (χ1n) is 4.45. The summed E-state index contributed by atoms with van der Waals surface area (Å²) >= 11 is 0.0420. The monoisotopic (exact) mass is 158 g/mol. The molecule has 11 heavy (non-hydrogen) atoms. The molecule has 0 nitrogen and oxygen atoms in total. The SMILES string of the molecule is CCCc1cccc[c]1[Mg][CH3]. The summed E-state index contributed by atoms with van der Waals surface area (Å²) in [7, 11) is 0. The Kier molecular flexibility index (Phi) is 3.95. The highest BCUT2D eigenvalue weighted by Crippen LogP contribution is 1.98. The maximum atomic E-state index is 2.36. The number of hydrogen-bond acceptors (Lipinski definition) is 0. The summed E-state index contributed by atoms with van der Waals surface area (Å²) in [4.78, 5) is 0. The van der Waals surface area contributed by atoms with Gasteiger partial charge < -0.3 is 0 Å². The Morgan fingerprint density at radius 3 is 2.64 bits per heavy atom. The third-order valence-electron chi connectivity index (χ3n) is 2.02. The van der Waals surface area contributed by atoms with Crippen LogP contribution in [0.1, 0.15) is 18.9 Å². The molecular weight excluding hydrogens is 144 g/mol. The van der Waals surface area contributed by atoms with E-state index in [1.807, 2.05) is 0 Å². The van der Waals surface area contributed by atoms with Crippen molar-refractivity contribution in [3.63, 3.8) is 0 Å². The van der Waals surface area contributed by atoms with Crippen molar-refractivity contribution >= 4 is 24.1 Å². The molecule has 0 fully saturated rings. The van der Waals surface area contributed by atoms with Crippen LogP contribution in [0.25, 0.3) is 0 Å². The normalized spacial score (nSPS) is 9.27. The van der Waals surface area contributed by atoms with Gasteiger partial charge in [-0.1, -0.05) is 43.2 Å². The molecule has 0 radical (unpaired) electrons. The molecule has 56 valence electrons. The Balaban J connectivity index is 2.83. The average molecular weight is 159 g/mol. The molecule has 0 N–H and O–H groups in total. The first-order valence-corrected chi connectivity index (χ1v) is 6.57. The molecule has 0 spiro atoms. The van der Waals surface area contributed by atoms with Crippen LogP contribution in [0.5, 0.6) is 0 Å². The number of rotatable bonds is 3. The zero-order valence-corrected chi connectivity index (χ0v) is 8.84. The zero-order chi connectivity index (χ0) is 8.10. The minimum absolute atomic E-state index is 0.0420. The highest BCUT2D eigenvalue weighted by Gasteiger charge is 1.98. The predicted molar refractivity (Wildman–Crippen MR) is 51.7 cm³/mol. The summed E-state index contributed by atoms with van der Waals surface area (Å²) in [5.41, 5.74) is 1.59. The largest absolute Gasteiger partial charge is 0.405 e. The van der Waals surface area contributed by atoms with Crippen LogP contribution in [0.15, 0.2) is 24.3 Å². The predicted octanol–water partition coefficient (Wildman–Crippen LogP) is 2.02. The average Bonchev–Trinajstić information content (AvgIpc) is 2.06. The van der Waals surface area contributed by atoms with E-state index in [1.165, 1.54) is 12.8 Å². The van der Waals surface area contributed by atoms with Crippen molar-refractivity contribution in [1.29, 1.82) is 0 Å². The highest BCUT2D eigenvalue weighted by atomic mass is 24.5. The lowest BCUT2D eigenvalue weighted by Gasteiger charge is -2.05. The maximum Gasteiger partial charge on any atom is 0.405 e. The van der Waals surface area contributed by atoms with Crippen LogP contribution in [0, 0.1) is 0 Å². The smallest absolute Gasteiger partial charge is 0.171 e. The Bertz CT molecular complexity index is 218. The molecule has 0 atom stereocenters. The minimum Gasteiger partial charge on any atom is -0.171 e. The van der Waals surface area contributed by atoms with Gasteiger partial charge in [0.15, 0.2) is 0 Å². The lowest BCUT2D eigenvalue weighted by atomic mass is 10.1. The van der Waals surface area contributed by atoms with Gasteiger partial charge in [-0.05, 0) is 6.42 Å². The molecule has 0 aromatic heterocycles. The zero-order valence-electron chi connectivity index (χ0n) is 7.43. The number of hydrogen-bond donors (Lipinski definition) is 0. The Morgan fingerprint density at radius 2 is 2.00 bits per heavy atom. The van der Waals surface area contributed by atoms with Crippen molar-refractivity contribution in [3.05, 3.63) is 29.8 Å². The summed E-state index contributed by atoms with van der Waals surface area (Å²) in [5.74, 6) is 0. The third-order valence-corrected chi connectivity index (χ3v) is 3.47. The van der Waals surface area contributed by atoms with Crippen LogP contribution in [0.4, 0.5) is 0 Å². The van der Waals surface area contributed by atoms with E-state index < -0.39 is 0 Å². The van der Waals surface area contributed by atoms with Crippen LogP contribution < -0.4 is 3.69 Å². The maximum absolute atomic E-state index is 2.36. The van der Waals surface area contributed by atoms with Crippen molar-refractivity contribution < 1.29 is 0 Å². The fourth-order valence-corrected chi connectivity index (χ4v) is 2.54. The molecule has 0 amide bonds. The van der Waals surface area contributed by atoms with Crippen molar-refractivity contribution in [2.24, 2.45) is 0 Å². The second-order valence-electron chi connectivity index (χ2n) is 2.87. The summed E-state index contributed by atoms with van der Waals surface area (Å²) < 4.78 is 1.65. The number of benzene rings is 1. The van der Waals surface area contributed by atoms with E-state index in [1.54, 1.807) is 9.26 Å². The summed E-state index contributed by atoms with van der Waals surface area (Å²) in [6, 6.07) is 8.87. The Morgan fingerprint density at radius 1 is 1.27 bits per heavy atom. The molecular formula is C10H14Mg. The molecule has 1 heteroatoms. The standard InChI is InChI=1S/C9H11.CH3.Mg/c1-2-6-9-7-4-3-5-8-9;;/h3-5,7H,2,6H2,1H3;1H3;. The van der Waals surface area contributed by atoms with E-state index in [0.717, 1.165) is 0 Å². The van der Waals surface area contributed by atoms with E-state index in [9.17, 15) is 0 Å². The van der Waals surface area contributed by atoms with Gasteiger partial charge in [-0.25, -0.2) is 0 Å². The minimum atomic E-state index is 0.0420. The summed E-state index contributed by atoms with van der Waals surface area (Å²) in [5, 5.41) is 2.36. The van der Waals surface area contributed by atoms with Crippen LogP contribution in [0.3, 0.4) is 0 Å². The van der Waals surface area contributed by atoms with Gasteiger partial charge in [-0.2, -0.15) is 3.69 Å². The molecule has 0 saturated carbocycles. The molecule has 1 aromatic rings. The topological polar surface area (TPSA) is 0 Å². The quantitative estimate of drug-likeness (QED) is 0.591. The van der Waals surface area contributed by atoms with Crippen molar-refractivity contribution in [2.45, 2.75) is 24.8 Å². The first-order chi connectivity index (χ1) is 5.38. The number of aryl methyl sites for hydroxylation is 1. The summed E-state index contributed by atoms with van der Waals surface area (Å²) in [6.07, 6.45) is 2.53. The Labute approximate surface area is 78.7 Å². The summed E-state index contributed by atoms with van der Waals surface area (Å²) in [6.45, 7) is 2.24. The van der Waals surface area contributed by atoms with Gasteiger partial charge in [0.2, 0.25) is 0 Å². The van der Waals surface area contributed by atoms with E-state index >= 15 is 0 Å². The van der Waals surface area contributed by atoms with E-state index in [-0.39, 0.29) is 20.4 Å². The molecule has 0 aliphatic heterocycles. The third kappa shape index (κ3) is 2.49. The highest BCUT2D eigenvalue weighted by molar-refractivity contribution is 6.52. The van der Waals surface area contributed by atoms with Crippen LogP contribution >= 0.6 is 0 Å². The van der Waals surface area contributed by atoms with Gasteiger partial charge >= 0.3 is 20.4 Å². The van der Waals surface area contributed by atoms with E-state index in [0.29, 0.717) is 0 Å². The first kappa shape index (κ1) is 9.08. The van der Waals surface area contributed by atoms with E-state index in [2.05, 4.69) is 36.2 Å². The fraction of sp³-hybridized carbons (Fsp3) is 0.400. The molecule has 0 aliphatic rings. The van der Waals surface area contributed by atoms with Gasteiger partial charge in [-0.15, -0.1) is 5.05 Å². The van der Waals surface area contributed by atoms with Gasteiger partial charge in [0, 0.05) is 0 Å². The van der Waals surface area contributed by atoms with Gasteiger partial charge in [0.05, 0.1) is 0 Å². The van der Waals surface area contributed by atoms with Crippen LogP contribution in [0.2, 0.25) is 5.05 Å². The fourth-order valence-electron chi connectivity index (χ4n) is 1.42. The second kappa shape index (κ2) is 4.78. The molecule has 0 unspecified atom stereocenters. The van der Waals surface area contributed by atoms with E-state index in [4.69, 9.17) is 0 Å². The Hall–Kier alpha value is -0.0138. The van der Waals surface area contributed by atoms with Crippen molar-refractivity contribution in [1.82, 2.24) is 0 Å². The van der Waals surface area contributed by atoms with Crippen molar-refractivity contribution in [3.8, 4) is 0 Å². The van der Waals surface area contributed by atoms with Gasteiger partial charge in [-0.3, -0.25) is 0 Å². The lowest BCUT2D eigenvalue weighted by Crippen LogP contribution is -2.15. The second-order valence-corrected chi connectivity index (χ2v) is 4.34. The molecule has 1 aromatic carbocycles. The van der Waals surface area contributed by atoms with Gasteiger partial charge in [0.1, 0.15) is 0 Å². The van der Waals surface area contributed by atoms with Crippen LogP contribution in [-0.4, -0.2) is 20.4 Å². The molecule has 0 saturated heterocycles. The molecule has 0 bridgehead atoms. The molecule has 0 heterocycles. The molecule has 0 aliphatic carbocycles. The van der Waals surface area contributed by atoms with Crippen LogP contribution in [-0.2, 0) is 6.42 Å².